The molecule has 2 unspecified atom stereocenters. The molecule has 1 nitrogen and oxygen atoms in total. The van der Waals surface area contributed by atoms with Crippen LogP contribution in [0.4, 0.5) is 0 Å². The summed E-state index contributed by atoms with van der Waals surface area (Å²) >= 11 is 0. The monoisotopic (exact) mass is 224 g/mol. The van der Waals surface area contributed by atoms with Gasteiger partial charge in [0.05, 0.1) is 0 Å². The first-order valence-corrected chi connectivity index (χ1v) is 7.20. The SMILES string of the molecule is C#C[C@H](CCc1ccccc1)OPP. The van der Waals surface area contributed by atoms with E-state index in [4.69, 9.17) is 10.9 Å². The molecule has 1 aromatic carbocycles. The fraction of sp³-hybridized carbons (Fsp3) is 0.273. The van der Waals surface area contributed by atoms with Crippen molar-refractivity contribution in [2.24, 2.45) is 0 Å². The van der Waals surface area contributed by atoms with Gasteiger partial charge in [-0.3, -0.25) is 0 Å². The van der Waals surface area contributed by atoms with Crippen LogP contribution < -0.4 is 0 Å². The number of hydrogen-bond acceptors (Lipinski definition) is 1. The Balaban J connectivity index is 2.37. The van der Waals surface area contributed by atoms with Crippen LogP contribution in [0, 0.1) is 12.3 Å². The van der Waals surface area contributed by atoms with Crippen LogP contribution in [0.2, 0.25) is 0 Å². The topological polar surface area (TPSA) is 9.23 Å². The number of hydrogen-bond donors (Lipinski definition) is 0. The van der Waals surface area contributed by atoms with Crippen molar-refractivity contribution in [2.75, 3.05) is 0 Å². The smallest absolute Gasteiger partial charge is 0.122 e. The van der Waals surface area contributed by atoms with Gasteiger partial charge in [0.2, 0.25) is 0 Å². The normalized spacial score (nSPS) is 12.9. The van der Waals surface area contributed by atoms with Crippen molar-refractivity contribution in [2.45, 2.75) is 18.9 Å². The summed E-state index contributed by atoms with van der Waals surface area (Å²) in [6, 6.07) is 10.3. The maximum atomic E-state index is 5.37. The Morgan fingerprint density at radius 3 is 2.71 bits per heavy atom. The van der Waals surface area contributed by atoms with Gasteiger partial charge >= 0.3 is 0 Å². The van der Waals surface area contributed by atoms with Crippen molar-refractivity contribution < 1.29 is 4.52 Å². The molecule has 1 rings (SSSR count). The number of benzene rings is 1. The van der Waals surface area contributed by atoms with Gasteiger partial charge in [-0.1, -0.05) is 45.2 Å². The Morgan fingerprint density at radius 2 is 2.14 bits per heavy atom. The molecule has 74 valence electrons. The van der Waals surface area contributed by atoms with E-state index < -0.39 is 0 Å². The van der Waals surface area contributed by atoms with Crippen LogP contribution in [0.3, 0.4) is 0 Å². The summed E-state index contributed by atoms with van der Waals surface area (Å²) in [5, 5.41) is 0. The molecule has 0 saturated carbocycles. The largest absolute Gasteiger partial charge is 0.343 e. The fourth-order valence-electron chi connectivity index (χ4n) is 1.20. The first-order valence-electron chi connectivity index (χ1n) is 4.48. The summed E-state index contributed by atoms with van der Waals surface area (Å²) in [6.45, 7) is 0. The summed E-state index contributed by atoms with van der Waals surface area (Å²) < 4.78 is 5.37. The molecule has 0 fully saturated rings. The van der Waals surface area contributed by atoms with Crippen LogP contribution in [-0.4, -0.2) is 6.10 Å². The molecule has 0 aliphatic carbocycles. The van der Waals surface area contributed by atoms with Crippen molar-refractivity contribution in [1.82, 2.24) is 0 Å². The Kier molecular flexibility index (Phi) is 5.81. The first-order chi connectivity index (χ1) is 6.86. The lowest BCUT2D eigenvalue weighted by molar-refractivity contribution is 0.290. The fourth-order valence-corrected chi connectivity index (χ4v) is 2.04. The number of terminal acetylenes is 1. The molecule has 0 radical (unpaired) electrons. The standard InChI is InChI=1S/C11H14OP2/c1-2-11(12-14-13)9-8-10-6-4-3-5-7-10/h1,3-7,11,14H,8-9,13H2/t11-/m1/s1. The van der Waals surface area contributed by atoms with E-state index >= 15 is 0 Å². The lowest BCUT2D eigenvalue weighted by Gasteiger charge is -2.09. The van der Waals surface area contributed by atoms with Crippen LogP contribution >= 0.6 is 17.4 Å². The van der Waals surface area contributed by atoms with Crippen LogP contribution in [0.1, 0.15) is 12.0 Å². The third-order valence-electron chi connectivity index (χ3n) is 1.93. The third-order valence-corrected chi connectivity index (χ3v) is 2.76. The minimum absolute atomic E-state index is 0.0500. The molecule has 1 aromatic rings. The predicted octanol–water partition coefficient (Wildman–Crippen LogP) is 3.02. The van der Waals surface area contributed by atoms with Gasteiger partial charge in [-0.15, -0.1) is 6.42 Å². The minimum atomic E-state index is -0.0500. The molecule has 0 N–H and O–H groups in total. The Morgan fingerprint density at radius 1 is 1.43 bits per heavy atom. The van der Waals surface area contributed by atoms with Crippen molar-refractivity contribution in [3.05, 3.63) is 35.9 Å². The van der Waals surface area contributed by atoms with Gasteiger partial charge in [-0.05, 0) is 18.4 Å². The van der Waals surface area contributed by atoms with E-state index in [9.17, 15) is 0 Å². The highest BCUT2D eigenvalue weighted by atomic mass is 32.0. The molecule has 0 saturated heterocycles. The van der Waals surface area contributed by atoms with E-state index in [1.165, 1.54) is 5.56 Å². The molecule has 14 heavy (non-hydrogen) atoms. The lowest BCUT2D eigenvalue weighted by atomic mass is 10.1. The summed E-state index contributed by atoms with van der Waals surface area (Å²) in [4.78, 5) is 0. The Labute approximate surface area is 89.6 Å². The van der Waals surface area contributed by atoms with Crippen molar-refractivity contribution >= 4 is 17.4 Å². The van der Waals surface area contributed by atoms with E-state index in [2.05, 4.69) is 27.0 Å². The zero-order valence-electron chi connectivity index (χ0n) is 7.94. The molecule has 0 aliphatic heterocycles. The minimum Gasteiger partial charge on any atom is -0.343 e. The van der Waals surface area contributed by atoms with Gasteiger partial charge < -0.3 is 4.52 Å². The molecular weight excluding hydrogens is 210 g/mol. The number of rotatable bonds is 5. The molecule has 0 bridgehead atoms. The average molecular weight is 224 g/mol. The lowest BCUT2D eigenvalue weighted by Crippen LogP contribution is -2.05. The van der Waals surface area contributed by atoms with Crippen LogP contribution in [0.25, 0.3) is 0 Å². The Hall–Kier alpha value is -0.400. The zero-order chi connectivity index (χ0) is 10.2. The summed E-state index contributed by atoms with van der Waals surface area (Å²) in [7, 11) is 2.93. The first kappa shape index (κ1) is 11.7. The van der Waals surface area contributed by atoms with Gasteiger partial charge in [0, 0.05) is 8.50 Å². The zero-order valence-corrected chi connectivity index (χ0v) is 10.1. The maximum Gasteiger partial charge on any atom is 0.122 e. The van der Waals surface area contributed by atoms with E-state index in [-0.39, 0.29) is 6.10 Å². The molecule has 0 aromatic heterocycles. The quantitative estimate of drug-likeness (QED) is 0.551. The highest BCUT2D eigenvalue weighted by molar-refractivity contribution is 8.00. The maximum absolute atomic E-state index is 5.37. The van der Waals surface area contributed by atoms with Crippen LogP contribution in [-0.2, 0) is 10.9 Å². The predicted molar refractivity (Wildman–Crippen MR) is 66.5 cm³/mol. The highest BCUT2D eigenvalue weighted by Crippen LogP contribution is 2.25. The Bertz CT molecular complexity index is 292. The van der Waals surface area contributed by atoms with Gasteiger partial charge in [0.1, 0.15) is 6.10 Å². The summed E-state index contributed by atoms with van der Waals surface area (Å²) in [5.74, 6) is 2.64. The summed E-state index contributed by atoms with van der Waals surface area (Å²) in [5.41, 5.74) is 1.31. The molecular formula is C11H14OP2. The third kappa shape index (κ3) is 4.21. The molecule has 0 aliphatic rings. The highest BCUT2D eigenvalue weighted by Gasteiger charge is 2.03. The average Bonchev–Trinajstić information content (AvgIpc) is 2.25. The van der Waals surface area contributed by atoms with Crippen molar-refractivity contribution in [3.8, 4) is 12.3 Å². The van der Waals surface area contributed by atoms with E-state index in [1.54, 1.807) is 0 Å². The van der Waals surface area contributed by atoms with Gasteiger partial charge in [-0.2, -0.15) is 0 Å². The van der Waals surface area contributed by atoms with Crippen LogP contribution in [0.5, 0.6) is 0 Å². The second kappa shape index (κ2) is 6.97. The van der Waals surface area contributed by atoms with E-state index in [0.717, 1.165) is 12.8 Å². The second-order valence-electron chi connectivity index (χ2n) is 2.92. The molecule has 3 atom stereocenters. The van der Waals surface area contributed by atoms with Crippen molar-refractivity contribution in [3.63, 3.8) is 0 Å². The molecule has 3 heteroatoms. The second-order valence-corrected chi connectivity index (χ2v) is 4.09. The van der Waals surface area contributed by atoms with E-state index in [1.807, 2.05) is 18.2 Å². The number of aryl methyl sites for hydroxylation is 1. The van der Waals surface area contributed by atoms with Crippen LogP contribution in [0.15, 0.2) is 30.3 Å². The van der Waals surface area contributed by atoms with Gasteiger partial charge in [-0.25, -0.2) is 0 Å². The molecule has 0 spiro atoms. The van der Waals surface area contributed by atoms with E-state index in [0.29, 0.717) is 8.50 Å². The van der Waals surface area contributed by atoms with Crippen molar-refractivity contribution in [1.29, 1.82) is 0 Å². The van der Waals surface area contributed by atoms with Gasteiger partial charge in [0.25, 0.3) is 0 Å². The van der Waals surface area contributed by atoms with Gasteiger partial charge in [0.15, 0.2) is 0 Å². The molecule has 0 amide bonds. The summed E-state index contributed by atoms with van der Waals surface area (Å²) in [6.07, 6.45) is 7.16. The molecule has 0 heterocycles.